The molecule has 0 saturated heterocycles. The number of hydrogen-bond donors (Lipinski definition) is 0. The van der Waals surface area contributed by atoms with E-state index in [1.165, 1.54) is 0 Å². The van der Waals surface area contributed by atoms with Crippen LogP contribution in [0.2, 0.25) is 0 Å². The minimum atomic E-state index is -1.15. The van der Waals surface area contributed by atoms with E-state index < -0.39 is 35.6 Å². The molecule has 0 spiro atoms. The van der Waals surface area contributed by atoms with Crippen LogP contribution in [-0.4, -0.2) is 11.9 Å². The molecule has 0 unspecified atom stereocenters. The van der Waals surface area contributed by atoms with Gasteiger partial charge in [0.05, 0.1) is 5.92 Å². The van der Waals surface area contributed by atoms with Crippen LogP contribution in [-0.2, 0) is 9.59 Å². The van der Waals surface area contributed by atoms with E-state index in [4.69, 9.17) is 4.74 Å². The lowest BCUT2D eigenvalue weighted by atomic mass is 9.52. The van der Waals surface area contributed by atoms with Crippen LogP contribution in [0.3, 0.4) is 0 Å². The smallest absolute Gasteiger partial charge is 0.315 e. The first-order chi connectivity index (χ1) is 14.1. The Morgan fingerprint density at radius 2 is 1.21 bits per heavy atom. The molecule has 2 atom stereocenters. The first-order valence-electron chi connectivity index (χ1n) is 9.66. The molecule has 4 nitrogen and oxygen atoms in total. The lowest BCUT2D eigenvalue weighted by Crippen LogP contribution is -2.55. The molecule has 146 valence electrons. The van der Waals surface area contributed by atoms with Gasteiger partial charge < -0.3 is 14.6 Å². The Kier molecular flexibility index (Phi) is 5.17. The van der Waals surface area contributed by atoms with Gasteiger partial charge in [0.2, 0.25) is 0 Å². The molecular weight excluding hydrogens is 364 g/mol. The quantitative estimate of drug-likeness (QED) is 0.498. The summed E-state index contributed by atoms with van der Waals surface area (Å²) in [6.07, 6.45) is 0. The van der Waals surface area contributed by atoms with Crippen LogP contribution in [0.4, 0.5) is 0 Å². The van der Waals surface area contributed by atoms with Crippen LogP contribution in [0.25, 0.3) is 0 Å². The topological polar surface area (TPSA) is 66.4 Å². The summed E-state index contributed by atoms with van der Waals surface area (Å²) in [5, 5.41) is 12.1. The summed E-state index contributed by atoms with van der Waals surface area (Å²) in [5.74, 6) is -3.47. The van der Waals surface area contributed by atoms with Gasteiger partial charge in [-0.25, -0.2) is 0 Å². The number of para-hydroxylation sites is 1. The molecule has 0 aliphatic heterocycles. The van der Waals surface area contributed by atoms with Crippen molar-refractivity contribution in [2.75, 3.05) is 0 Å². The zero-order valence-corrected chi connectivity index (χ0v) is 16.0. The fourth-order valence-corrected chi connectivity index (χ4v) is 4.36. The molecule has 0 heterocycles. The van der Waals surface area contributed by atoms with Gasteiger partial charge in [-0.05, 0) is 29.7 Å². The van der Waals surface area contributed by atoms with Gasteiger partial charge >= 0.3 is 5.97 Å². The van der Waals surface area contributed by atoms with Crippen molar-refractivity contribution in [2.45, 2.75) is 18.8 Å². The first-order valence-corrected chi connectivity index (χ1v) is 9.66. The average molecular weight is 385 g/mol. The second-order valence-corrected chi connectivity index (χ2v) is 7.43. The highest BCUT2D eigenvalue weighted by molar-refractivity contribution is 5.85. The number of rotatable bonds is 5. The van der Waals surface area contributed by atoms with Gasteiger partial charge in [0.25, 0.3) is 0 Å². The minimum absolute atomic E-state index is 0.417. The zero-order chi connectivity index (χ0) is 20.4. The first kappa shape index (κ1) is 18.9. The van der Waals surface area contributed by atoms with Gasteiger partial charge in [0.15, 0.2) is 0 Å². The Morgan fingerprint density at radius 1 is 0.724 bits per heavy atom. The molecule has 0 N–H and O–H groups in total. The number of hydrogen-bond acceptors (Lipinski definition) is 4. The fourth-order valence-electron chi connectivity index (χ4n) is 4.36. The predicted octanol–water partition coefficient (Wildman–Crippen LogP) is 3.46. The normalized spacial score (nSPS) is 23.1. The highest BCUT2D eigenvalue weighted by Crippen LogP contribution is 2.57. The minimum Gasteiger partial charge on any atom is -0.550 e. The molecule has 1 fully saturated rings. The molecule has 1 aliphatic carbocycles. The lowest BCUT2D eigenvalue weighted by Gasteiger charge is -2.51. The van der Waals surface area contributed by atoms with Gasteiger partial charge in [-0.15, -0.1) is 0 Å². The predicted molar refractivity (Wildman–Crippen MR) is 107 cm³/mol. The molecule has 4 heteroatoms. The Hall–Kier alpha value is -3.40. The summed E-state index contributed by atoms with van der Waals surface area (Å²) in [7, 11) is 0. The number of aliphatic carboxylic acids is 1. The molecule has 0 aromatic heterocycles. The summed E-state index contributed by atoms with van der Waals surface area (Å²) in [4.78, 5) is 25.3. The molecule has 4 rings (SSSR count). The molecular formula is C25H21O4-. The number of aryl methyl sites for hydroxylation is 1. The number of carboxylic acids is 1. The zero-order valence-electron chi connectivity index (χ0n) is 16.0. The van der Waals surface area contributed by atoms with E-state index >= 15 is 0 Å². The largest absolute Gasteiger partial charge is 0.550 e. The van der Waals surface area contributed by atoms with Crippen molar-refractivity contribution < 1.29 is 19.4 Å². The van der Waals surface area contributed by atoms with Crippen LogP contribution in [0.15, 0.2) is 84.9 Å². The van der Waals surface area contributed by atoms with Crippen LogP contribution in [0.1, 0.15) is 28.5 Å². The van der Waals surface area contributed by atoms with Crippen molar-refractivity contribution in [3.05, 3.63) is 102 Å². The number of ether oxygens (including phenoxy) is 1. The summed E-state index contributed by atoms with van der Waals surface area (Å²) in [6.45, 7) is 1.87. The number of benzene rings is 3. The maximum atomic E-state index is 13.2. The third kappa shape index (κ3) is 3.54. The Bertz CT molecular complexity index is 966. The van der Waals surface area contributed by atoms with E-state index in [0.29, 0.717) is 5.75 Å². The van der Waals surface area contributed by atoms with Gasteiger partial charge in [0, 0.05) is 23.7 Å². The van der Waals surface area contributed by atoms with Crippen LogP contribution < -0.4 is 9.84 Å². The molecule has 0 radical (unpaired) electrons. The van der Waals surface area contributed by atoms with Crippen molar-refractivity contribution in [1.82, 2.24) is 0 Å². The Morgan fingerprint density at radius 3 is 1.69 bits per heavy atom. The van der Waals surface area contributed by atoms with E-state index in [1.54, 1.807) is 6.07 Å². The molecule has 3 aromatic carbocycles. The fraction of sp³-hybridized carbons (Fsp3) is 0.200. The van der Waals surface area contributed by atoms with Crippen molar-refractivity contribution in [3.8, 4) is 5.75 Å². The van der Waals surface area contributed by atoms with E-state index in [-0.39, 0.29) is 0 Å². The van der Waals surface area contributed by atoms with Crippen LogP contribution in [0.5, 0.6) is 5.75 Å². The van der Waals surface area contributed by atoms with E-state index in [2.05, 4.69) is 0 Å². The number of carboxylic acid groups (broad SMARTS) is 1. The third-order valence-electron chi connectivity index (χ3n) is 5.76. The van der Waals surface area contributed by atoms with Crippen molar-refractivity contribution >= 4 is 11.9 Å². The third-order valence-corrected chi connectivity index (χ3v) is 5.76. The summed E-state index contributed by atoms with van der Waals surface area (Å²) < 4.78 is 5.73. The van der Waals surface area contributed by atoms with Crippen LogP contribution >= 0.6 is 0 Å². The standard InChI is InChI=1S/C25H22O4/c1-16-10-8-9-15-19(16)29-25(28)23-20(17-11-4-2-5-12-17)22(24(26)27)21(23)18-13-6-3-7-14-18/h2-15,20-23H,1H3,(H,26,27)/p-1/t20-,21-,22?,23?/m1/s1. The molecule has 1 aliphatic rings. The average Bonchev–Trinajstić information content (AvgIpc) is 2.70. The van der Waals surface area contributed by atoms with Crippen molar-refractivity contribution in [3.63, 3.8) is 0 Å². The van der Waals surface area contributed by atoms with Crippen molar-refractivity contribution in [1.29, 1.82) is 0 Å². The lowest BCUT2D eigenvalue weighted by molar-refractivity contribution is -0.317. The second-order valence-electron chi connectivity index (χ2n) is 7.43. The monoisotopic (exact) mass is 385 g/mol. The van der Waals surface area contributed by atoms with Gasteiger partial charge in [-0.2, -0.15) is 0 Å². The number of carbonyl (C=O) groups excluding carboxylic acids is 2. The maximum Gasteiger partial charge on any atom is 0.315 e. The van der Waals surface area contributed by atoms with Crippen molar-refractivity contribution in [2.24, 2.45) is 11.8 Å². The maximum absolute atomic E-state index is 13.2. The number of carbonyl (C=O) groups is 2. The highest BCUT2D eigenvalue weighted by atomic mass is 16.5. The van der Waals surface area contributed by atoms with E-state index in [0.717, 1.165) is 16.7 Å². The molecule has 0 amide bonds. The van der Waals surface area contributed by atoms with Gasteiger partial charge in [0.1, 0.15) is 5.75 Å². The Labute approximate surface area is 169 Å². The van der Waals surface area contributed by atoms with Crippen LogP contribution in [0, 0.1) is 18.8 Å². The van der Waals surface area contributed by atoms with Gasteiger partial charge in [-0.1, -0.05) is 78.9 Å². The van der Waals surface area contributed by atoms with Gasteiger partial charge in [-0.3, -0.25) is 4.79 Å². The molecule has 3 aromatic rings. The summed E-state index contributed by atoms with van der Waals surface area (Å²) in [5.41, 5.74) is 2.46. The van der Waals surface area contributed by atoms with E-state index in [1.807, 2.05) is 85.8 Å². The molecule has 1 saturated carbocycles. The molecule has 29 heavy (non-hydrogen) atoms. The van der Waals surface area contributed by atoms with E-state index in [9.17, 15) is 14.7 Å². The summed E-state index contributed by atoms with van der Waals surface area (Å²) >= 11 is 0. The SMILES string of the molecule is Cc1ccccc1OC(=O)C1[C@H](c2ccccc2)C(C(=O)[O-])[C@H]1c1ccccc1. The molecule has 0 bridgehead atoms. The Balaban J connectivity index is 1.74. The second kappa shape index (κ2) is 7.92. The number of esters is 1. The summed E-state index contributed by atoms with van der Waals surface area (Å²) in [6, 6.07) is 25.9. The highest BCUT2D eigenvalue weighted by Gasteiger charge is 2.56.